The molecule has 0 heterocycles. The number of carboxylic acid groups (broad SMARTS) is 1. The molecule has 20 heavy (non-hydrogen) atoms. The van der Waals surface area contributed by atoms with Crippen molar-refractivity contribution in [3.63, 3.8) is 0 Å². The molecular weight excluding hydrogens is 256 g/mol. The number of carboxylic acids is 1. The Morgan fingerprint density at radius 2 is 1.75 bits per heavy atom. The summed E-state index contributed by atoms with van der Waals surface area (Å²) in [6.45, 7) is 8.23. The molecule has 0 saturated carbocycles. The zero-order valence-electron chi connectivity index (χ0n) is 13.3. The maximum Gasteiger partial charge on any atom is 0.308 e. The lowest BCUT2D eigenvalue weighted by Gasteiger charge is -2.22. The van der Waals surface area contributed by atoms with Crippen LogP contribution in [-0.2, 0) is 9.59 Å². The molecule has 2 unspecified atom stereocenters. The Bertz CT molecular complexity index is 305. The summed E-state index contributed by atoms with van der Waals surface area (Å²) in [6.07, 6.45) is 3.99. The molecule has 0 fully saturated rings. The third-order valence-corrected chi connectivity index (χ3v) is 3.46. The van der Waals surface area contributed by atoms with Crippen LogP contribution < -0.4 is 5.84 Å². The minimum absolute atomic E-state index is 0.0970. The third kappa shape index (κ3) is 8.15. The van der Waals surface area contributed by atoms with E-state index in [-0.39, 0.29) is 18.4 Å². The van der Waals surface area contributed by atoms with Gasteiger partial charge in [0.1, 0.15) is 0 Å². The first-order chi connectivity index (χ1) is 9.27. The van der Waals surface area contributed by atoms with Crippen molar-refractivity contribution in [2.75, 3.05) is 6.54 Å². The molecule has 3 N–H and O–H groups in total. The maximum atomic E-state index is 11.8. The number of hydrogen-bond donors (Lipinski definition) is 2. The monoisotopic (exact) mass is 286 g/mol. The maximum absolute atomic E-state index is 11.8. The largest absolute Gasteiger partial charge is 0.481 e. The number of hydrogen-bond acceptors (Lipinski definition) is 3. The van der Waals surface area contributed by atoms with E-state index in [2.05, 4.69) is 13.8 Å². The normalized spacial score (nSPS) is 14.1. The minimum Gasteiger partial charge on any atom is -0.481 e. The Balaban J connectivity index is 4.33. The van der Waals surface area contributed by atoms with Crippen LogP contribution in [0.1, 0.15) is 59.8 Å². The third-order valence-electron chi connectivity index (χ3n) is 3.46. The molecule has 0 aliphatic heterocycles. The highest BCUT2D eigenvalue weighted by molar-refractivity contribution is 5.77. The summed E-state index contributed by atoms with van der Waals surface area (Å²) in [4.78, 5) is 23.0. The van der Waals surface area contributed by atoms with Gasteiger partial charge in [-0.25, -0.2) is 5.84 Å². The van der Waals surface area contributed by atoms with Crippen LogP contribution in [0.25, 0.3) is 0 Å². The average molecular weight is 286 g/mol. The smallest absolute Gasteiger partial charge is 0.308 e. The van der Waals surface area contributed by atoms with Gasteiger partial charge in [0.15, 0.2) is 0 Å². The second-order valence-corrected chi connectivity index (χ2v) is 6.15. The van der Waals surface area contributed by atoms with Gasteiger partial charge in [-0.3, -0.25) is 14.6 Å². The minimum atomic E-state index is -0.874. The molecule has 0 aromatic carbocycles. The number of amides is 1. The molecule has 5 heteroatoms. The van der Waals surface area contributed by atoms with Crippen LogP contribution in [-0.4, -0.2) is 28.5 Å². The molecule has 0 radical (unpaired) electrons. The summed E-state index contributed by atoms with van der Waals surface area (Å²) in [5.41, 5.74) is 0. The Morgan fingerprint density at radius 3 is 2.20 bits per heavy atom. The van der Waals surface area contributed by atoms with Crippen molar-refractivity contribution < 1.29 is 14.7 Å². The SMILES string of the molecule is CCCC(C)CCC(CN(N)C(=O)CC(C)C)C(=O)O. The molecule has 0 aromatic rings. The summed E-state index contributed by atoms with van der Waals surface area (Å²) in [6, 6.07) is 0. The van der Waals surface area contributed by atoms with Crippen LogP contribution in [0.2, 0.25) is 0 Å². The van der Waals surface area contributed by atoms with E-state index in [4.69, 9.17) is 5.84 Å². The second kappa shape index (κ2) is 9.75. The zero-order chi connectivity index (χ0) is 15.7. The number of carbonyl (C=O) groups excluding carboxylic acids is 1. The van der Waals surface area contributed by atoms with E-state index >= 15 is 0 Å². The molecule has 2 atom stereocenters. The summed E-state index contributed by atoms with van der Waals surface area (Å²) in [5.74, 6) is 4.79. The van der Waals surface area contributed by atoms with Crippen LogP contribution in [0.15, 0.2) is 0 Å². The number of hydrazine groups is 1. The summed E-state index contributed by atoms with van der Waals surface area (Å²) >= 11 is 0. The quantitative estimate of drug-likeness (QED) is 0.367. The number of rotatable bonds is 10. The van der Waals surface area contributed by atoms with Crippen molar-refractivity contribution >= 4 is 11.9 Å². The van der Waals surface area contributed by atoms with E-state index < -0.39 is 11.9 Å². The van der Waals surface area contributed by atoms with E-state index in [0.29, 0.717) is 18.8 Å². The number of nitrogens with zero attached hydrogens (tertiary/aromatic N) is 1. The van der Waals surface area contributed by atoms with Gasteiger partial charge >= 0.3 is 5.97 Å². The lowest BCUT2D eigenvalue weighted by atomic mass is 9.94. The summed E-state index contributed by atoms with van der Waals surface area (Å²) < 4.78 is 0. The molecule has 0 aliphatic rings. The first-order valence-corrected chi connectivity index (χ1v) is 7.55. The second-order valence-electron chi connectivity index (χ2n) is 6.15. The van der Waals surface area contributed by atoms with Crippen molar-refractivity contribution in [1.29, 1.82) is 0 Å². The Kier molecular flexibility index (Phi) is 9.21. The van der Waals surface area contributed by atoms with E-state index in [1.165, 1.54) is 0 Å². The zero-order valence-corrected chi connectivity index (χ0v) is 13.3. The molecule has 0 aliphatic carbocycles. The number of aliphatic carboxylic acids is 1. The Morgan fingerprint density at radius 1 is 1.15 bits per heavy atom. The first kappa shape index (κ1) is 18.9. The lowest BCUT2D eigenvalue weighted by Crippen LogP contribution is -2.43. The topological polar surface area (TPSA) is 83.6 Å². The van der Waals surface area contributed by atoms with Crippen molar-refractivity contribution in [1.82, 2.24) is 5.01 Å². The number of carbonyl (C=O) groups is 2. The van der Waals surface area contributed by atoms with Gasteiger partial charge in [-0.2, -0.15) is 0 Å². The predicted molar refractivity (Wildman–Crippen MR) is 79.8 cm³/mol. The van der Waals surface area contributed by atoms with Crippen LogP contribution in [0.4, 0.5) is 0 Å². The van der Waals surface area contributed by atoms with E-state index in [9.17, 15) is 14.7 Å². The van der Waals surface area contributed by atoms with Crippen molar-refractivity contribution in [3.8, 4) is 0 Å². The van der Waals surface area contributed by atoms with Gasteiger partial charge in [-0.15, -0.1) is 0 Å². The van der Waals surface area contributed by atoms with E-state index in [1.807, 2.05) is 13.8 Å². The van der Waals surface area contributed by atoms with Gasteiger partial charge in [0.25, 0.3) is 0 Å². The molecule has 5 nitrogen and oxygen atoms in total. The van der Waals surface area contributed by atoms with Crippen molar-refractivity contribution in [3.05, 3.63) is 0 Å². The Hall–Kier alpha value is -1.10. The summed E-state index contributed by atoms with van der Waals surface area (Å²) in [5, 5.41) is 10.3. The van der Waals surface area contributed by atoms with E-state index in [0.717, 1.165) is 24.3 Å². The fraction of sp³-hybridized carbons (Fsp3) is 0.867. The molecule has 0 spiro atoms. The standard InChI is InChI=1S/C15H30N2O3/c1-5-6-12(4)7-8-13(15(19)20)10-17(16)14(18)9-11(2)3/h11-13H,5-10,16H2,1-4H3,(H,19,20). The molecular formula is C15H30N2O3. The highest BCUT2D eigenvalue weighted by Gasteiger charge is 2.23. The Labute approximate surface area is 122 Å². The highest BCUT2D eigenvalue weighted by Crippen LogP contribution is 2.18. The lowest BCUT2D eigenvalue weighted by molar-refractivity contribution is -0.144. The predicted octanol–water partition coefficient (Wildman–Crippen LogP) is 2.65. The molecule has 0 rings (SSSR count). The van der Waals surface area contributed by atoms with Gasteiger partial charge in [-0.1, -0.05) is 40.5 Å². The fourth-order valence-corrected chi connectivity index (χ4v) is 2.22. The van der Waals surface area contributed by atoms with Crippen LogP contribution in [0, 0.1) is 17.8 Å². The first-order valence-electron chi connectivity index (χ1n) is 7.55. The fourth-order valence-electron chi connectivity index (χ4n) is 2.22. The van der Waals surface area contributed by atoms with Gasteiger partial charge in [0.05, 0.1) is 12.5 Å². The van der Waals surface area contributed by atoms with Crippen LogP contribution >= 0.6 is 0 Å². The van der Waals surface area contributed by atoms with Gasteiger partial charge in [-0.05, 0) is 24.7 Å². The summed E-state index contributed by atoms with van der Waals surface area (Å²) in [7, 11) is 0. The van der Waals surface area contributed by atoms with Crippen molar-refractivity contribution in [2.45, 2.75) is 59.8 Å². The molecule has 0 bridgehead atoms. The van der Waals surface area contributed by atoms with Crippen LogP contribution in [0.5, 0.6) is 0 Å². The van der Waals surface area contributed by atoms with Gasteiger partial charge in [0, 0.05) is 6.42 Å². The van der Waals surface area contributed by atoms with Gasteiger partial charge in [0.2, 0.25) is 5.91 Å². The molecule has 118 valence electrons. The average Bonchev–Trinajstić information content (AvgIpc) is 2.33. The molecule has 0 saturated heterocycles. The van der Waals surface area contributed by atoms with Crippen molar-refractivity contribution in [2.24, 2.45) is 23.6 Å². The molecule has 1 amide bonds. The van der Waals surface area contributed by atoms with E-state index in [1.54, 1.807) is 0 Å². The van der Waals surface area contributed by atoms with Crippen LogP contribution in [0.3, 0.4) is 0 Å². The highest BCUT2D eigenvalue weighted by atomic mass is 16.4. The van der Waals surface area contributed by atoms with Gasteiger partial charge < -0.3 is 5.11 Å². The number of nitrogens with two attached hydrogens (primary N) is 1. The molecule has 0 aromatic heterocycles.